The number of amides is 2. The molecule has 2 amide bonds. The number of rotatable bonds is 8. The molecule has 0 saturated carbocycles. The number of primary amides is 1. The van der Waals surface area contributed by atoms with Crippen LogP contribution in [0.2, 0.25) is 0 Å². The Labute approximate surface area is 195 Å². The molecule has 14 heteroatoms. The summed E-state index contributed by atoms with van der Waals surface area (Å²) in [4.78, 5) is 32.1. The van der Waals surface area contributed by atoms with Gasteiger partial charge in [0.25, 0.3) is 5.91 Å². The van der Waals surface area contributed by atoms with Crippen molar-refractivity contribution in [1.82, 2.24) is 25.5 Å². The molecule has 3 heterocycles. The van der Waals surface area contributed by atoms with Crippen molar-refractivity contribution in [1.29, 1.82) is 0 Å². The van der Waals surface area contributed by atoms with E-state index in [1.807, 2.05) is 0 Å². The Morgan fingerprint density at radius 1 is 1.11 bits per heavy atom. The van der Waals surface area contributed by atoms with Crippen molar-refractivity contribution in [2.24, 2.45) is 5.73 Å². The number of alkyl halides is 3. The maximum atomic E-state index is 12.2. The Balaban J connectivity index is 1.47. The zero-order valence-electron chi connectivity index (χ0n) is 17.9. The van der Waals surface area contributed by atoms with Gasteiger partial charge in [0.2, 0.25) is 17.7 Å². The third-order valence-electron chi connectivity index (χ3n) is 4.68. The van der Waals surface area contributed by atoms with E-state index in [9.17, 15) is 22.8 Å². The lowest BCUT2D eigenvalue weighted by Gasteiger charge is -2.13. The molecule has 11 nitrogen and oxygen atoms in total. The quantitative estimate of drug-likeness (QED) is 0.431. The van der Waals surface area contributed by atoms with Crippen LogP contribution < -0.4 is 25.8 Å². The molecule has 1 aromatic carbocycles. The number of benzene rings is 1. The number of carbonyl (C=O) groups excluding carboxylic acids is 2. The molecule has 0 radical (unpaired) electrons. The zero-order chi connectivity index (χ0) is 25.0. The number of nitrogens with zero attached hydrogens (tertiary/aromatic N) is 4. The fraction of sp³-hybridized carbons (Fsp3) is 0.238. The van der Waals surface area contributed by atoms with Crippen LogP contribution in [0.4, 0.5) is 19.0 Å². The molecule has 1 aliphatic heterocycles. The minimum absolute atomic E-state index is 0.0284. The van der Waals surface area contributed by atoms with Crippen molar-refractivity contribution >= 4 is 17.6 Å². The van der Waals surface area contributed by atoms with E-state index >= 15 is 0 Å². The third kappa shape index (κ3) is 6.31. The van der Waals surface area contributed by atoms with Crippen LogP contribution in [0.15, 0.2) is 42.5 Å². The Kier molecular flexibility index (Phi) is 6.62. The van der Waals surface area contributed by atoms with Gasteiger partial charge in [-0.1, -0.05) is 0 Å². The van der Waals surface area contributed by atoms with Crippen LogP contribution in [0.3, 0.4) is 0 Å². The van der Waals surface area contributed by atoms with Crippen molar-refractivity contribution in [3.05, 3.63) is 48.2 Å². The molecular formula is C21H18F3N7O4. The van der Waals surface area contributed by atoms with Crippen LogP contribution in [0.5, 0.6) is 17.5 Å². The van der Waals surface area contributed by atoms with E-state index in [0.29, 0.717) is 24.3 Å². The first-order valence-electron chi connectivity index (χ1n) is 10.2. The molecule has 0 spiro atoms. The Morgan fingerprint density at radius 2 is 1.83 bits per heavy atom. The SMILES string of the molecule is NC(=O)c1cc(N[C@H]2CCNC2=O)nc(-c2ccc(Oc3ccc(OCC(F)(F)F)nn3)cc2)n1. The van der Waals surface area contributed by atoms with E-state index in [1.54, 1.807) is 24.3 Å². The summed E-state index contributed by atoms with van der Waals surface area (Å²) >= 11 is 0. The molecule has 1 saturated heterocycles. The summed E-state index contributed by atoms with van der Waals surface area (Å²) in [6, 6.07) is 9.78. The Morgan fingerprint density at radius 3 is 2.43 bits per heavy atom. The normalized spacial score (nSPS) is 15.4. The standard InChI is InChI=1S/C21H18F3N7O4/c22-21(23,24)10-34-16-5-6-17(31-30-16)35-12-3-1-11(2-4-12)19-28-14(18(25)32)9-15(29-19)27-13-7-8-26-20(13)33/h1-6,9,13H,7-8,10H2,(H2,25,32)(H,26,33)(H,27,28,29)/t13-/m0/s1. The monoisotopic (exact) mass is 489 g/mol. The largest absolute Gasteiger partial charge is 0.467 e. The van der Waals surface area contributed by atoms with Gasteiger partial charge < -0.3 is 25.8 Å². The van der Waals surface area contributed by atoms with Gasteiger partial charge in [0.1, 0.15) is 23.3 Å². The third-order valence-corrected chi connectivity index (χ3v) is 4.68. The highest BCUT2D eigenvalue weighted by Crippen LogP contribution is 2.25. The van der Waals surface area contributed by atoms with E-state index in [-0.39, 0.29) is 35.0 Å². The number of carbonyl (C=O) groups is 2. The van der Waals surface area contributed by atoms with Gasteiger partial charge in [0.15, 0.2) is 12.4 Å². The molecule has 4 rings (SSSR count). The second-order valence-electron chi connectivity index (χ2n) is 7.34. The molecule has 0 aliphatic carbocycles. The summed E-state index contributed by atoms with van der Waals surface area (Å²) in [5, 5.41) is 12.9. The van der Waals surface area contributed by atoms with E-state index in [4.69, 9.17) is 10.5 Å². The maximum absolute atomic E-state index is 12.2. The summed E-state index contributed by atoms with van der Waals surface area (Å²) in [5.41, 5.74) is 5.89. The molecule has 0 bridgehead atoms. The van der Waals surface area contributed by atoms with Crippen LogP contribution in [0, 0.1) is 0 Å². The van der Waals surface area contributed by atoms with Crippen molar-refractivity contribution in [3.8, 4) is 28.9 Å². The fourth-order valence-electron chi connectivity index (χ4n) is 3.07. The molecular weight excluding hydrogens is 471 g/mol. The first-order valence-corrected chi connectivity index (χ1v) is 10.2. The van der Waals surface area contributed by atoms with Gasteiger partial charge in [-0.05, 0) is 30.7 Å². The van der Waals surface area contributed by atoms with Crippen molar-refractivity contribution in [3.63, 3.8) is 0 Å². The van der Waals surface area contributed by atoms with Gasteiger partial charge in [0, 0.05) is 30.3 Å². The van der Waals surface area contributed by atoms with E-state index in [0.717, 1.165) is 0 Å². The van der Waals surface area contributed by atoms with Gasteiger partial charge >= 0.3 is 6.18 Å². The van der Waals surface area contributed by atoms with Gasteiger partial charge in [-0.2, -0.15) is 13.2 Å². The van der Waals surface area contributed by atoms with Crippen LogP contribution >= 0.6 is 0 Å². The van der Waals surface area contributed by atoms with Crippen molar-refractivity contribution in [2.45, 2.75) is 18.6 Å². The minimum atomic E-state index is -4.48. The first kappa shape index (κ1) is 23.7. The number of nitrogens with one attached hydrogen (secondary N) is 2. The van der Waals surface area contributed by atoms with Crippen LogP contribution in [-0.2, 0) is 4.79 Å². The van der Waals surface area contributed by atoms with Crippen molar-refractivity contribution in [2.75, 3.05) is 18.5 Å². The number of hydrogen-bond acceptors (Lipinski definition) is 9. The molecule has 0 unspecified atom stereocenters. The van der Waals surface area contributed by atoms with Gasteiger partial charge in [-0.25, -0.2) is 9.97 Å². The van der Waals surface area contributed by atoms with E-state index in [1.165, 1.54) is 18.2 Å². The fourth-order valence-corrected chi connectivity index (χ4v) is 3.07. The highest BCUT2D eigenvalue weighted by Gasteiger charge is 2.28. The second-order valence-corrected chi connectivity index (χ2v) is 7.34. The van der Waals surface area contributed by atoms with Gasteiger partial charge in [-0.15, -0.1) is 10.2 Å². The maximum Gasteiger partial charge on any atom is 0.422 e. The molecule has 1 aliphatic rings. The van der Waals surface area contributed by atoms with E-state index < -0.39 is 24.7 Å². The number of ether oxygens (including phenoxy) is 2. The Hall–Kier alpha value is -4.49. The van der Waals surface area contributed by atoms with Crippen LogP contribution in [-0.4, -0.2) is 57.3 Å². The number of aromatic nitrogens is 4. The van der Waals surface area contributed by atoms with Gasteiger partial charge in [0.05, 0.1) is 0 Å². The van der Waals surface area contributed by atoms with E-state index in [2.05, 4.69) is 35.5 Å². The predicted molar refractivity (Wildman–Crippen MR) is 115 cm³/mol. The zero-order valence-corrected chi connectivity index (χ0v) is 17.9. The number of hydrogen-bond donors (Lipinski definition) is 3. The Bertz CT molecular complexity index is 1220. The second kappa shape index (κ2) is 9.79. The lowest BCUT2D eigenvalue weighted by molar-refractivity contribution is -0.154. The number of halogens is 3. The molecule has 35 heavy (non-hydrogen) atoms. The summed E-state index contributed by atoms with van der Waals surface area (Å²) < 4.78 is 46.6. The molecule has 1 atom stereocenters. The smallest absolute Gasteiger partial charge is 0.422 e. The van der Waals surface area contributed by atoms with Gasteiger partial charge in [-0.3, -0.25) is 9.59 Å². The number of anilines is 1. The minimum Gasteiger partial charge on any atom is -0.467 e. The lowest BCUT2D eigenvalue weighted by Crippen LogP contribution is -2.30. The van der Waals surface area contributed by atoms with Crippen LogP contribution in [0.25, 0.3) is 11.4 Å². The van der Waals surface area contributed by atoms with Crippen molar-refractivity contribution < 1.29 is 32.2 Å². The summed E-state index contributed by atoms with van der Waals surface area (Å²) in [6.07, 6.45) is -3.92. The average molecular weight is 489 g/mol. The lowest BCUT2D eigenvalue weighted by atomic mass is 10.2. The first-order chi connectivity index (χ1) is 16.7. The molecule has 2 aromatic heterocycles. The highest BCUT2D eigenvalue weighted by atomic mass is 19.4. The summed E-state index contributed by atoms with van der Waals surface area (Å²) in [6.45, 7) is -0.945. The molecule has 3 aromatic rings. The molecule has 4 N–H and O–H groups in total. The average Bonchev–Trinajstić information content (AvgIpc) is 3.22. The summed E-state index contributed by atoms with van der Waals surface area (Å²) in [7, 11) is 0. The topological polar surface area (TPSA) is 154 Å². The molecule has 182 valence electrons. The van der Waals surface area contributed by atoms with Crippen LogP contribution in [0.1, 0.15) is 16.9 Å². The molecule has 1 fully saturated rings. The number of nitrogens with two attached hydrogens (primary N) is 1. The summed E-state index contributed by atoms with van der Waals surface area (Å²) in [5.74, 6) is -0.376. The predicted octanol–water partition coefficient (Wildman–Crippen LogP) is 2.07. The highest BCUT2D eigenvalue weighted by molar-refractivity contribution is 5.92.